The maximum atomic E-state index is 6.11. The van der Waals surface area contributed by atoms with Crippen molar-refractivity contribution in [2.24, 2.45) is 10.7 Å². The minimum Gasteiger partial charge on any atom is -0.370 e. The van der Waals surface area contributed by atoms with Crippen LogP contribution in [0, 0.1) is 0 Å². The molecule has 1 heterocycles. The number of anilines is 1. The molecule has 0 bridgehead atoms. The summed E-state index contributed by atoms with van der Waals surface area (Å²) in [5.41, 5.74) is 8.23. The Hall–Kier alpha value is -0.860. The summed E-state index contributed by atoms with van der Waals surface area (Å²) in [6.45, 7) is 3.29. The maximum Gasteiger partial charge on any atom is 0.193 e. The number of nitrogens with two attached hydrogens (primary N) is 1. The highest BCUT2D eigenvalue weighted by atomic mass is 127. The van der Waals surface area contributed by atoms with Crippen LogP contribution in [0.3, 0.4) is 0 Å². The Morgan fingerprint density at radius 2 is 1.96 bits per heavy atom. The molecule has 24 heavy (non-hydrogen) atoms. The molecule has 3 rings (SSSR count). The average molecular weight is 445 g/mol. The number of hydrogen-bond acceptors (Lipinski definition) is 3. The van der Waals surface area contributed by atoms with Crippen LogP contribution in [-0.4, -0.2) is 31.0 Å². The highest BCUT2D eigenvalue weighted by molar-refractivity contribution is 14.0. The van der Waals surface area contributed by atoms with Crippen LogP contribution in [0.15, 0.2) is 29.3 Å². The summed E-state index contributed by atoms with van der Waals surface area (Å²) in [5, 5.41) is 3.12. The van der Waals surface area contributed by atoms with Crippen molar-refractivity contribution >= 4 is 35.6 Å². The third-order valence-electron chi connectivity index (χ3n) is 4.63. The molecular weight excluding hydrogens is 417 g/mol. The first-order chi connectivity index (χ1) is 11.2. The van der Waals surface area contributed by atoms with Gasteiger partial charge in [0.1, 0.15) is 6.10 Å². The highest BCUT2D eigenvalue weighted by Gasteiger charge is 2.41. The van der Waals surface area contributed by atoms with E-state index in [1.807, 2.05) is 12.1 Å². The van der Waals surface area contributed by atoms with Gasteiger partial charge in [0, 0.05) is 18.5 Å². The van der Waals surface area contributed by atoms with E-state index < -0.39 is 0 Å². The van der Waals surface area contributed by atoms with Crippen molar-refractivity contribution in [3.63, 3.8) is 0 Å². The molecule has 134 valence electrons. The molecule has 5 nitrogen and oxygen atoms in total. The van der Waals surface area contributed by atoms with E-state index in [-0.39, 0.29) is 35.9 Å². The molecule has 3 N–H and O–H groups in total. The van der Waals surface area contributed by atoms with E-state index in [1.54, 1.807) is 0 Å². The molecule has 1 saturated heterocycles. The summed E-state index contributed by atoms with van der Waals surface area (Å²) in [6.07, 6.45) is 6.71. The standard InChI is InChI=1S/C18H27N3O2.HI/c1-2-14-6-8-15(9-7-14)21-17(19)20-12-16-13-22-18(23-16)10-4-3-5-11-18;/h6-9,16H,2-5,10-13H2,1H3,(H3,19,20,21);1H. The van der Waals surface area contributed by atoms with Gasteiger partial charge in [-0.05, 0) is 37.0 Å². The third-order valence-corrected chi connectivity index (χ3v) is 4.63. The fraction of sp³-hybridized carbons (Fsp3) is 0.611. The number of aliphatic imine (C=N–C) groups is 1. The normalized spacial score (nSPS) is 23.0. The van der Waals surface area contributed by atoms with Gasteiger partial charge < -0.3 is 20.5 Å². The molecule has 1 aliphatic heterocycles. The minimum atomic E-state index is -0.337. The van der Waals surface area contributed by atoms with Crippen molar-refractivity contribution in [3.05, 3.63) is 29.8 Å². The molecule has 0 aromatic heterocycles. The number of benzene rings is 1. The second-order valence-corrected chi connectivity index (χ2v) is 6.42. The molecule has 1 aromatic rings. The first kappa shape index (κ1) is 19.5. The predicted molar refractivity (Wildman–Crippen MR) is 108 cm³/mol. The maximum absolute atomic E-state index is 6.11. The van der Waals surface area contributed by atoms with Crippen molar-refractivity contribution in [2.45, 2.75) is 57.3 Å². The number of rotatable bonds is 4. The quantitative estimate of drug-likeness (QED) is 0.422. The van der Waals surface area contributed by atoms with Crippen LogP contribution in [-0.2, 0) is 15.9 Å². The lowest BCUT2D eigenvalue weighted by atomic mass is 9.94. The zero-order chi connectivity index (χ0) is 16.1. The second-order valence-electron chi connectivity index (χ2n) is 6.42. The van der Waals surface area contributed by atoms with Gasteiger partial charge >= 0.3 is 0 Å². The number of nitrogens with one attached hydrogen (secondary N) is 1. The lowest BCUT2D eigenvalue weighted by Crippen LogP contribution is -2.34. The molecule has 1 aromatic carbocycles. The van der Waals surface area contributed by atoms with E-state index in [4.69, 9.17) is 15.2 Å². The minimum absolute atomic E-state index is 0. The topological polar surface area (TPSA) is 68.9 Å². The Balaban J connectivity index is 0.00000208. The number of aryl methyl sites for hydroxylation is 1. The lowest BCUT2D eigenvalue weighted by Gasteiger charge is -2.31. The first-order valence-electron chi connectivity index (χ1n) is 8.67. The molecule has 6 heteroatoms. The summed E-state index contributed by atoms with van der Waals surface area (Å²) in [5.74, 6) is 0.0822. The fourth-order valence-corrected chi connectivity index (χ4v) is 3.27. The molecule has 1 saturated carbocycles. The van der Waals surface area contributed by atoms with E-state index in [2.05, 4.69) is 29.4 Å². The largest absolute Gasteiger partial charge is 0.370 e. The molecule has 2 fully saturated rings. The van der Waals surface area contributed by atoms with Crippen LogP contribution < -0.4 is 11.1 Å². The molecular formula is C18H28IN3O2. The van der Waals surface area contributed by atoms with Crippen LogP contribution in [0.25, 0.3) is 0 Å². The number of hydrogen-bond donors (Lipinski definition) is 2. The van der Waals surface area contributed by atoms with Gasteiger partial charge in [0.2, 0.25) is 0 Å². The van der Waals surface area contributed by atoms with Gasteiger partial charge in [-0.2, -0.15) is 0 Å². The monoisotopic (exact) mass is 445 g/mol. The van der Waals surface area contributed by atoms with Crippen molar-refractivity contribution in [1.82, 2.24) is 0 Å². The number of ether oxygens (including phenoxy) is 2. The molecule has 1 atom stereocenters. The van der Waals surface area contributed by atoms with Crippen molar-refractivity contribution in [2.75, 3.05) is 18.5 Å². The van der Waals surface area contributed by atoms with E-state index in [0.717, 1.165) is 24.9 Å². The van der Waals surface area contributed by atoms with Gasteiger partial charge in [0.15, 0.2) is 11.7 Å². The van der Waals surface area contributed by atoms with E-state index in [9.17, 15) is 0 Å². The summed E-state index contributed by atoms with van der Waals surface area (Å²) in [4.78, 5) is 4.40. The van der Waals surface area contributed by atoms with E-state index >= 15 is 0 Å². The highest BCUT2D eigenvalue weighted by Crippen LogP contribution is 2.37. The Labute approximate surface area is 161 Å². The van der Waals surface area contributed by atoms with Crippen molar-refractivity contribution in [1.29, 1.82) is 0 Å². The number of halogens is 1. The van der Waals surface area contributed by atoms with Gasteiger partial charge in [-0.15, -0.1) is 24.0 Å². The SMILES string of the molecule is CCc1ccc(NC(N)=NCC2COC3(CCCCC3)O2)cc1.I. The number of nitrogens with zero attached hydrogens (tertiary/aromatic N) is 1. The van der Waals surface area contributed by atoms with Crippen LogP contribution in [0.2, 0.25) is 0 Å². The molecule has 2 aliphatic rings. The van der Waals surface area contributed by atoms with Gasteiger partial charge in [-0.3, -0.25) is 4.99 Å². The zero-order valence-electron chi connectivity index (χ0n) is 14.3. The van der Waals surface area contributed by atoms with Crippen LogP contribution >= 0.6 is 24.0 Å². The van der Waals surface area contributed by atoms with Gasteiger partial charge in [-0.1, -0.05) is 25.5 Å². The Bertz CT molecular complexity index is 542. The Kier molecular flexibility index (Phi) is 7.31. The molecule has 0 amide bonds. The molecule has 1 spiro atoms. The summed E-state index contributed by atoms with van der Waals surface area (Å²) >= 11 is 0. The van der Waals surface area contributed by atoms with Crippen LogP contribution in [0.1, 0.15) is 44.6 Å². The molecule has 0 radical (unpaired) electrons. The predicted octanol–water partition coefficient (Wildman–Crippen LogP) is 3.67. The summed E-state index contributed by atoms with van der Waals surface area (Å²) < 4.78 is 12.0. The van der Waals surface area contributed by atoms with E-state index in [1.165, 1.54) is 24.8 Å². The Morgan fingerprint density at radius 1 is 1.25 bits per heavy atom. The van der Waals surface area contributed by atoms with Crippen molar-refractivity contribution in [3.8, 4) is 0 Å². The summed E-state index contributed by atoms with van der Waals surface area (Å²) in [7, 11) is 0. The van der Waals surface area contributed by atoms with E-state index in [0.29, 0.717) is 19.1 Å². The third kappa shape index (κ3) is 5.07. The molecule has 1 aliphatic carbocycles. The zero-order valence-corrected chi connectivity index (χ0v) is 16.6. The molecule has 1 unspecified atom stereocenters. The smallest absolute Gasteiger partial charge is 0.193 e. The van der Waals surface area contributed by atoms with Crippen LogP contribution in [0.5, 0.6) is 0 Å². The van der Waals surface area contributed by atoms with Crippen molar-refractivity contribution < 1.29 is 9.47 Å². The van der Waals surface area contributed by atoms with Gasteiger partial charge in [0.25, 0.3) is 0 Å². The first-order valence-corrected chi connectivity index (χ1v) is 8.67. The lowest BCUT2D eigenvalue weighted by molar-refractivity contribution is -0.186. The van der Waals surface area contributed by atoms with Crippen LogP contribution in [0.4, 0.5) is 5.69 Å². The second kappa shape index (κ2) is 9.01. The Morgan fingerprint density at radius 3 is 2.62 bits per heavy atom. The summed E-state index contributed by atoms with van der Waals surface area (Å²) in [6, 6.07) is 8.23. The van der Waals surface area contributed by atoms with Gasteiger partial charge in [0.05, 0.1) is 13.2 Å². The number of guanidine groups is 1. The van der Waals surface area contributed by atoms with Gasteiger partial charge in [-0.25, -0.2) is 0 Å². The average Bonchev–Trinajstić information content (AvgIpc) is 2.97. The fourth-order valence-electron chi connectivity index (χ4n) is 3.27.